The zero-order chi connectivity index (χ0) is 16.8. The fourth-order valence-corrected chi connectivity index (χ4v) is 2.92. The van der Waals surface area contributed by atoms with Crippen LogP contribution in [0.15, 0.2) is 40.8 Å². The normalized spacial score (nSPS) is 26.7. The molecule has 0 spiro atoms. The minimum Gasteiger partial charge on any atom is -0.453 e. The smallest absolute Gasteiger partial charge is 0.431 e. The van der Waals surface area contributed by atoms with Crippen molar-refractivity contribution in [1.29, 1.82) is 5.26 Å². The van der Waals surface area contributed by atoms with Crippen LogP contribution in [0.1, 0.15) is 17.0 Å². The average molecular weight is 322 g/mol. The number of nitriles is 1. The molecule has 0 amide bonds. The summed E-state index contributed by atoms with van der Waals surface area (Å²) < 4.78 is 45.0. The Morgan fingerprint density at radius 1 is 1.30 bits per heavy atom. The van der Waals surface area contributed by atoms with Gasteiger partial charge in [0.2, 0.25) is 5.88 Å². The summed E-state index contributed by atoms with van der Waals surface area (Å²) in [5.74, 6) is -2.21. The van der Waals surface area contributed by atoms with E-state index in [0.717, 1.165) is 5.56 Å². The van der Waals surface area contributed by atoms with Crippen LogP contribution >= 0.6 is 0 Å². The Morgan fingerprint density at radius 2 is 1.96 bits per heavy atom. The Kier molecular flexibility index (Phi) is 3.43. The van der Waals surface area contributed by atoms with E-state index in [0.29, 0.717) is 5.56 Å². The summed E-state index contributed by atoms with van der Waals surface area (Å²) in [4.78, 5) is 0. The van der Waals surface area contributed by atoms with E-state index in [2.05, 4.69) is 10.5 Å². The highest BCUT2D eigenvalue weighted by molar-refractivity contribution is 5.94. The molecule has 3 rings (SSSR count). The van der Waals surface area contributed by atoms with Crippen LogP contribution in [0.3, 0.4) is 0 Å². The van der Waals surface area contributed by atoms with Gasteiger partial charge in [-0.15, -0.1) is 0 Å². The van der Waals surface area contributed by atoms with Crippen LogP contribution in [0.2, 0.25) is 0 Å². The molecular formula is C15H13F3N4O. The van der Waals surface area contributed by atoms with E-state index in [1.165, 1.54) is 0 Å². The van der Waals surface area contributed by atoms with Crippen LogP contribution < -0.4 is 11.2 Å². The number of nitrogens with one attached hydrogen (secondary N) is 1. The largest absolute Gasteiger partial charge is 0.453 e. The fourth-order valence-electron chi connectivity index (χ4n) is 2.92. The van der Waals surface area contributed by atoms with E-state index >= 15 is 0 Å². The number of fused-ring (bicyclic) bond motifs is 1. The van der Waals surface area contributed by atoms with Crippen LogP contribution in [-0.4, -0.2) is 18.1 Å². The summed E-state index contributed by atoms with van der Waals surface area (Å²) in [6, 6.07) is 8.82. The molecule has 120 valence electrons. The number of rotatable bonds is 1. The van der Waals surface area contributed by atoms with E-state index < -0.39 is 30.0 Å². The molecule has 3 atom stereocenters. The van der Waals surface area contributed by atoms with Crippen molar-refractivity contribution in [2.45, 2.75) is 25.2 Å². The lowest BCUT2D eigenvalue weighted by atomic mass is 9.76. The minimum atomic E-state index is -4.62. The highest BCUT2D eigenvalue weighted by atomic mass is 19.4. The van der Waals surface area contributed by atoms with Gasteiger partial charge in [-0.25, -0.2) is 0 Å². The second-order valence-electron chi connectivity index (χ2n) is 5.47. The lowest BCUT2D eigenvalue weighted by Crippen LogP contribution is -2.45. The van der Waals surface area contributed by atoms with Crippen LogP contribution in [0.5, 0.6) is 0 Å². The van der Waals surface area contributed by atoms with Crippen molar-refractivity contribution in [3.63, 3.8) is 0 Å². The molecule has 0 unspecified atom stereocenters. The number of hydrogen-bond acceptors (Lipinski definition) is 5. The van der Waals surface area contributed by atoms with Gasteiger partial charge in [0.15, 0.2) is 11.9 Å². The maximum atomic E-state index is 13.3. The quantitative estimate of drug-likeness (QED) is 0.831. The van der Waals surface area contributed by atoms with Crippen molar-refractivity contribution < 1.29 is 17.9 Å². The number of hydrazone groups is 1. The van der Waals surface area contributed by atoms with Crippen molar-refractivity contribution in [1.82, 2.24) is 5.43 Å². The Morgan fingerprint density at radius 3 is 2.52 bits per heavy atom. The van der Waals surface area contributed by atoms with Crippen LogP contribution in [0, 0.1) is 24.2 Å². The van der Waals surface area contributed by atoms with Crippen molar-refractivity contribution in [3.8, 4) is 6.07 Å². The molecule has 0 saturated heterocycles. The molecule has 0 fully saturated rings. The number of aryl methyl sites for hydroxylation is 1. The summed E-state index contributed by atoms with van der Waals surface area (Å²) >= 11 is 0. The molecule has 1 aromatic rings. The Labute approximate surface area is 130 Å². The van der Waals surface area contributed by atoms with Gasteiger partial charge in [-0.1, -0.05) is 29.8 Å². The molecule has 1 aromatic carbocycles. The maximum absolute atomic E-state index is 13.3. The molecule has 2 aliphatic heterocycles. The third kappa shape index (κ3) is 2.48. The Hall–Kier alpha value is -2.69. The SMILES string of the molecule is Cc1ccc([C@@H]2C(C#N)=C(N)O[C@H]3NN=C(C(F)(F)F)[C@H]32)cc1. The lowest BCUT2D eigenvalue weighted by molar-refractivity contribution is -0.0661. The van der Waals surface area contributed by atoms with Gasteiger partial charge in [-0.3, -0.25) is 5.43 Å². The van der Waals surface area contributed by atoms with Crippen LogP contribution in [0.25, 0.3) is 0 Å². The molecule has 2 aliphatic rings. The number of hydrogen-bond donors (Lipinski definition) is 2. The van der Waals surface area contributed by atoms with E-state index in [4.69, 9.17) is 10.5 Å². The summed E-state index contributed by atoms with van der Waals surface area (Å²) in [5.41, 5.74) is 8.56. The number of alkyl halides is 3. The monoisotopic (exact) mass is 322 g/mol. The Balaban J connectivity index is 2.13. The van der Waals surface area contributed by atoms with Crippen molar-refractivity contribution in [3.05, 3.63) is 46.8 Å². The maximum Gasteiger partial charge on any atom is 0.431 e. The third-order valence-electron chi connectivity index (χ3n) is 3.99. The number of nitrogens with zero attached hydrogens (tertiary/aromatic N) is 2. The van der Waals surface area contributed by atoms with E-state index in [9.17, 15) is 18.4 Å². The fraction of sp³-hybridized carbons (Fsp3) is 0.333. The topological polar surface area (TPSA) is 83.4 Å². The molecule has 0 bridgehead atoms. The molecule has 3 N–H and O–H groups in total. The molecule has 0 aliphatic carbocycles. The minimum absolute atomic E-state index is 0.0178. The molecule has 8 heteroatoms. The van der Waals surface area contributed by atoms with Gasteiger partial charge in [0.05, 0.1) is 11.5 Å². The molecule has 0 radical (unpaired) electrons. The highest BCUT2D eigenvalue weighted by Crippen LogP contribution is 2.44. The van der Waals surface area contributed by atoms with Gasteiger partial charge in [-0.05, 0) is 12.5 Å². The van der Waals surface area contributed by atoms with Gasteiger partial charge >= 0.3 is 6.18 Å². The highest BCUT2D eigenvalue weighted by Gasteiger charge is 2.55. The number of halogens is 3. The van der Waals surface area contributed by atoms with Gasteiger partial charge in [0, 0.05) is 5.92 Å². The molecule has 2 heterocycles. The van der Waals surface area contributed by atoms with Crippen molar-refractivity contribution >= 4 is 5.71 Å². The van der Waals surface area contributed by atoms with Gasteiger partial charge in [0.1, 0.15) is 6.07 Å². The third-order valence-corrected chi connectivity index (χ3v) is 3.99. The summed E-state index contributed by atoms with van der Waals surface area (Å²) in [5, 5.41) is 12.7. The Bertz CT molecular complexity index is 731. The van der Waals surface area contributed by atoms with E-state index in [-0.39, 0.29) is 11.5 Å². The first kappa shape index (κ1) is 15.2. The predicted octanol–water partition coefficient (Wildman–Crippen LogP) is 2.27. The van der Waals surface area contributed by atoms with Gasteiger partial charge in [-0.2, -0.15) is 23.5 Å². The number of ether oxygens (including phenoxy) is 1. The summed E-state index contributed by atoms with van der Waals surface area (Å²) in [6.45, 7) is 1.87. The first-order valence-electron chi connectivity index (χ1n) is 6.86. The average Bonchev–Trinajstić information content (AvgIpc) is 2.90. The van der Waals surface area contributed by atoms with E-state index in [1.54, 1.807) is 24.3 Å². The van der Waals surface area contributed by atoms with Crippen LogP contribution in [-0.2, 0) is 4.74 Å². The number of nitrogens with two attached hydrogens (primary N) is 1. The molecule has 0 aromatic heterocycles. The molecule has 23 heavy (non-hydrogen) atoms. The van der Waals surface area contributed by atoms with Gasteiger partial charge < -0.3 is 10.5 Å². The second kappa shape index (κ2) is 5.19. The predicted molar refractivity (Wildman–Crippen MR) is 75.7 cm³/mol. The van der Waals surface area contributed by atoms with Crippen LogP contribution in [0.4, 0.5) is 13.2 Å². The zero-order valence-electron chi connectivity index (χ0n) is 12.1. The molecule has 0 saturated carbocycles. The first-order chi connectivity index (χ1) is 10.8. The summed E-state index contributed by atoms with van der Waals surface area (Å²) in [6.07, 6.45) is -5.67. The number of allylic oxidation sites excluding steroid dienone is 1. The zero-order valence-corrected chi connectivity index (χ0v) is 12.1. The van der Waals surface area contributed by atoms with Crippen molar-refractivity contribution in [2.24, 2.45) is 16.8 Å². The molecule has 5 nitrogen and oxygen atoms in total. The first-order valence-corrected chi connectivity index (χ1v) is 6.86. The van der Waals surface area contributed by atoms with E-state index in [1.807, 2.05) is 13.0 Å². The molecular weight excluding hydrogens is 309 g/mol. The summed E-state index contributed by atoms with van der Waals surface area (Å²) in [7, 11) is 0. The number of benzene rings is 1. The lowest BCUT2D eigenvalue weighted by Gasteiger charge is -2.34. The van der Waals surface area contributed by atoms with Crippen molar-refractivity contribution in [2.75, 3.05) is 0 Å². The van der Waals surface area contributed by atoms with Gasteiger partial charge in [0.25, 0.3) is 0 Å². The standard InChI is InChI=1S/C15H13F3N4O/c1-7-2-4-8(5-3-7)10-9(6-19)13(20)23-14-11(10)12(21-22-14)15(16,17)18/h2-5,10-11,14,22H,20H2,1H3/t10-,11-,14-/m1/s1. The second-order valence-corrected chi connectivity index (χ2v) is 5.47.